The van der Waals surface area contributed by atoms with E-state index in [4.69, 9.17) is 0 Å². The first kappa shape index (κ1) is 17.5. The van der Waals surface area contributed by atoms with Crippen LogP contribution in [0.3, 0.4) is 0 Å². The zero-order valence-corrected chi connectivity index (χ0v) is 13.8. The van der Waals surface area contributed by atoms with Crippen LogP contribution >= 0.6 is 0 Å². The van der Waals surface area contributed by atoms with Gasteiger partial charge in [-0.15, -0.1) is 5.10 Å². The molecule has 8 heteroatoms. The Kier molecular flexibility index (Phi) is 5.21. The van der Waals surface area contributed by atoms with E-state index in [1.54, 1.807) is 48.7 Å². The molecule has 0 aliphatic carbocycles. The summed E-state index contributed by atoms with van der Waals surface area (Å²) in [7, 11) is 1.32. The molecule has 0 aliphatic rings. The van der Waals surface area contributed by atoms with Gasteiger partial charge in [-0.1, -0.05) is 35.5 Å². The van der Waals surface area contributed by atoms with Crippen molar-refractivity contribution in [2.45, 2.75) is 13.2 Å². The average molecular weight is 359 g/mol. The van der Waals surface area contributed by atoms with Gasteiger partial charge >= 0.3 is 12.6 Å². The summed E-state index contributed by atoms with van der Waals surface area (Å²) in [5.74, 6) is -0.321. The van der Waals surface area contributed by atoms with Gasteiger partial charge in [0.15, 0.2) is 0 Å². The Morgan fingerprint density at radius 1 is 1.15 bits per heavy atom. The maximum atomic E-state index is 12.5. The highest BCUT2D eigenvalue weighted by molar-refractivity contribution is 5.89. The molecular weight excluding hydrogens is 344 g/mol. The first-order valence-corrected chi connectivity index (χ1v) is 7.68. The fraction of sp³-hybridized carbons (Fsp3) is 0.167. The summed E-state index contributed by atoms with van der Waals surface area (Å²) in [6.45, 7) is -2.66. The predicted molar refractivity (Wildman–Crippen MR) is 89.0 cm³/mol. The van der Waals surface area contributed by atoms with Gasteiger partial charge < -0.3 is 9.47 Å². The molecule has 0 atom stereocenters. The van der Waals surface area contributed by atoms with Crippen molar-refractivity contribution < 1.29 is 23.0 Å². The van der Waals surface area contributed by atoms with Crippen molar-refractivity contribution in [1.29, 1.82) is 0 Å². The Morgan fingerprint density at radius 2 is 1.88 bits per heavy atom. The number of carbonyl (C=O) groups excluding carboxylic acids is 1. The predicted octanol–water partition coefficient (Wildman–Crippen LogP) is 3.38. The lowest BCUT2D eigenvalue weighted by atomic mass is 10.1. The maximum Gasteiger partial charge on any atom is 0.387 e. The van der Waals surface area contributed by atoms with Crippen molar-refractivity contribution in [2.75, 3.05) is 7.11 Å². The monoisotopic (exact) mass is 359 g/mol. The van der Waals surface area contributed by atoms with E-state index in [2.05, 4.69) is 19.8 Å². The van der Waals surface area contributed by atoms with E-state index in [1.165, 1.54) is 17.9 Å². The third-order valence-electron chi connectivity index (χ3n) is 3.66. The molecule has 0 N–H and O–H groups in total. The summed E-state index contributed by atoms with van der Waals surface area (Å²) in [4.78, 5) is 11.5. The number of halogens is 2. The van der Waals surface area contributed by atoms with E-state index in [0.29, 0.717) is 16.8 Å². The number of benzene rings is 2. The average Bonchev–Trinajstić information content (AvgIpc) is 3.11. The number of hydrogen-bond acceptors (Lipinski definition) is 5. The minimum atomic E-state index is -2.89. The van der Waals surface area contributed by atoms with Gasteiger partial charge in [0.05, 0.1) is 25.4 Å². The number of esters is 1. The largest absolute Gasteiger partial charge is 0.465 e. The highest BCUT2D eigenvalue weighted by Crippen LogP contribution is 2.22. The van der Waals surface area contributed by atoms with E-state index in [1.807, 2.05) is 0 Å². The molecule has 3 aromatic rings. The number of methoxy groups -OCH3 is 1. The van der Waals surface area contributed by atoms with Crippen LogP contribution in [0.1, 0.15) is 15.9 Å². The molecule has 0 amide bonds. The molecule has 0 fully saturated rings. The molecule has 0 aliphatic heterocycles. The molecular formula is C18H15F2N3O3. The van der Waals surface area contributed by atoms with Gasteiger partial charge in [0.2, 0.25) is 0 Å². The molecule has 0 unspecified atom stereocenters. The van der Waals surface area contributed by atoms with Crippen LogP contribution in [0.25, 0.3) is 11.3 Å². The standard InChI is InChI=1S/C18H15F2N3O3/c1-25-17(24)13-8-6-12(7-9-13)15-11-23(22-21-15)10-14-4-2-3-5-16(14)26-18(19)20/h2-9,11,18H,10H2,1H3. The molecule has 0 bridgehead atoms. The molecule has 26 heavy (non-hydrogen) atoms. The number of nitrogens with zero attached hydrogens (tertiary/aromatic N) is 3. The molecule has 0 radical (unpaired) electrons. The van der Waals surface area contributed by atoms with Gasteiger partial charge in [-0.25, -0.2) is 9.48 Å². The van der Waals surface area contributed by atoms with Crippen LogP contribution in [-0.2, 0) is 11.3 Å². The van der Waals surface area contributed by atoms with Gasteiger partial charge in [-0.3, -0.25) is 0 Å². The van der Waals surface area contributed by atoms with Crippen LogP contribution in [0.4, 0.5) is 8.78 Å². The first-order chi connectivity index (χ1) is 12.6. The van der Waals surface area contributed by atoms with Gasteiger partial charge in [-0.2, -0.15) is 8.78 Å². The van der Waals surface area contributed by atoms with Crippen LogP contribution in [0.5, 0.6) is 5.75 Å². The Labute approximate surface area is 148 Å². The van der Waals surface area contributed by atoms with Crippen molar-refractivity contribution >= 4 is 5.97 Å². The molecule has 1 aromatic heterocycles. The van der Waals surface area contributed by atoms with Gasteiger partial charge in [0, 0.05) is 11.1 Å². The lowest BCUT2D eigenvalue weighted by Gasteiger charge is -2.09. The second-order valence-electron chi connectivity index (χ2n) is 5.36. The summed E-state index contributed by atoms with van der Waals surface area (Å²) in [6, 6.07) is 13.2. The van der Waals surface area contributed by atoms with Gasteiger partial charge in [0.1, 0.15) is 11.4 Å². The van der Waals surface area contributed by atoms with E-state index < -0.39 is 12.6 Å². The van der Waals surface area contributed by atoms with Crippen molar-refractivity contribution in [1.82, 2.24) is 15.0 Å². The lowest BCUT2D eigenvalue weighted by molar-refractivity contribution is -0.0505. The summed E-state index contributed by atoms with van der Waals surface area (Å²) in [5, 5.41) is 8.09. The third-order valence-corrected chi connectivity index (χ3v) is 3.66. The SMILES string of the molecule is COC(=O)c1ccc(-c2cn(Cc3ccccc3OC(F)F)nn2)cc1. The Bertz CT molecular complexity index is 895. The molecule has 0 saturated carbocycles. The minimum absolute atomic E-state index is 0.0991. The number of carbonyl (C=O) groups is 1. The molecule has 3 rings (SSSR count). The van der Waals surface area contributed by atoms with E-state index >= 15 is 0 Å². The highest BCUT2D eigenvalue weighted by Gasteiger charge is 2.11. The second-order valence-corrected chi connectivity index (χ2v) is 5.36. The van der Waals surface area contributed by atoms with Crippen LogP contribution in [0.2, 0.25) is 0 Å². The molecule has 0 saturated heterocycles. The summed E-state index contributed by atoms with van der Waals surface area (Å²) in [5.41, 5.74) is 2.35. The minimum Gasteiger partial charge on any atom is -0.465 e. The number of aromatic nitrogens is 3. The van der Waals surface area contributed by atoms with Crippen LogP contribution < -0.4 is 4.74 Å². The lowest BCUT2D eigenvalue weighted by Crippen LogP contribution is -2.07. The third kappa shape index (κ3) is 4.02. The van der Waals surface area contributed by atoms with E-state index in [0.717, 1.165) is 5.56 Å². The number of ether oxygens (including phenoxy) is 2. The van der Waals surface area contributed by atoms with E-state index in [-0.39, 0.29) is 12.3 Å². The summed E-state index contributed by atoms with van der Waals surface area (Å²) < 4.78 is 35.7. The Hall–Kier alpha value is -3.29. The van der Waals surface area contributed by atoms with Crippen molar-refractivity contribution in [3.8, 4) is 17.0 Å². The molecule has 134 valence electrons. The topological polar surface area (TPSA) is 66.2 Å². The van der Waals surface area contributed by atoms with Gasteiger partial charge in [-0.05, 0) is 18.2 Å². The molecule has 6 nitrogen and oxygen atoms in total. The normalized spacial score (nSPS) is 10.8. The zero-order valence-electron chi connectivity index (χ0n) is 13.8. The zero-order chi connectivity index (χ0) is 18.5. The second kappa shape index (κ2) is 7.73. The van der Waals surface area contributed by atoms with Crippen molar-refractivity contribution in [2.24, 2.45) is 0 Å². The Balaban J connectivity index is 1.77. The van der Waals surface area contributed by atoms with Crippen LogP contribution in [-0.4, -0.2) is 34.7 Å². The number of rotatable bonds is 6. The number of hydrogen-bond donors (Lipinski definition) is 0. The number of para-hydroxylation sites is 1. The molecule has 2 aromatic carbocycles. The quantitative estimate of drug-likeness (QED) is 0.631. The van der Waals surface area contributed by atoms with Gasteiger partial charge in [0.25, 0.3) is 0 Å². The molecule has 0 spiro atoms. The molecule has 1 heterocycles. The first-order valence-electron chi connectivity index (χ1n) is 7.68. The fourth-order valence-electron chi connectivity index (χ4n) is 2.42. The van der Waals surface area contributed by atoms with Crippen LogP contribution in [0.15, 0.2) is 54.7 Å². The van der Waals surface area contributed by atoms with E-state index in [9.17, 15) is 13.6 Å². The highest BCUT2D eigenvalue weighted by atomic mass is 19.3. The fourth-order valence-corrected chi connectivity index (χ4v) is 2.42. The maximum absolute atomic E-state index is 12.5. The van der Waals surface area contributed by atoms with Crippen molar-refractivity contribution in [3.63, 3.8) is 0 Å². The van der Waals surface area contributed by atoms with Crippen molar-refractivity contribution in [3.05, 3.63) is 65.9 Å². The summed E-state index contributed by atoms with van der Waals surface area (Å²) >= 11 is 0. The van der Waals surface area contributed by atoms with Crippen LogP contribution in [0, 0.1) is 0 Å². The Morgan fingerprint density at radius 3 is 2.58 bits per heavy atom. The summed E-state index contributed by atoms with van der Waals surface area (Å²) in [6.07, 6.45) is 1.69. The smallest absolute Gasteiger partial charge is 0.387 e. The number of alkyl halides is 2.